The van der Waals surface area contributed by atoms with Crippen LogP contribution in [0.4, 0.5) is 11.4 Å². The Hall–Kier alpha value is -3.09. The predicted octanol–water partition coefficient (Wildman–Crippen LogP) is 3.54. The molecule has 7 nitrogen and oxygen atoms in total. The van der Waals surface area contributed by atoms with Gasteiger partial charge in [0, 0.05) is 17.7 Å². The van der Waals surface area contributed by atoms with Crippen molar-refractivity contribution >= 4 is 17.6 Å². The fraction of sp³-hybridized carbons (Fsp3) is 0.188. The van der Waals surface area contributed by atoms with Gasteiger partial charge in [0.05, 0.1) is 17.7 Å². The molecule has 0 heterocycles. The zero-order valence-corrected chi connectivity index (χ0v) is 12.6. The zero-order valence-electron chi connectivity index (χ0n) is 12.6. The molecule has 23 heavy (non-hydrogen) atoms. The van der Waals surface area contributed by atoms with Gasteiger partial charge in [-0.1, -0.05) is 19.1 Å². The summed E-state index contributed by atoms with van der Waals surface area (Å²) in [6.45, 7) is 2.57. The normalized spacial score (nSPS) is 10.7. The Labute approximate surface area is 133 Å². The Kier molecular flexibility index (Phi) is 5.51. The lowest BCUT2D eigenvalue weighted by atomic mass is 10.2. The number of nitro groups is 1. The Balaban J connectivity index is 2.08. The molecule has 0 aromatic heterocycles. The number of phenols is 1. The molecule has 0 amide bonds. The Bertz CT molecular complexity index is 716. The molecule has 2 aromatic carbocycles. The summed E-state index contributed by atoms with van der Waals surface area (Å²) in [5, 5.41) is 24.7. The number of nitrogens with one attached hydrogen (secondary N) is 1. The van der Waals surface area contributed by atoms with E-state index in [1.165, 1.54) is 18.3 Å². The first-order valence-corrected chi connectivity index (χ1v) is 7.10. The number of benzene rings is 2. The maximum absolute atomic E-state index is 10.9. The van der Waals surface area contributed by atoms with Gasteiger partial charge in [-0.05, 0) is 24.6 Å². The number of para-hydroxylation sites is 2. The molecular formula is C16H17N3O4. The minimum Gasteiger partial charge on any atom is -0.507 e. The number of hydrogen-bond acceptors (Lipinski definition) is 6. The van der Waals surface area contributed by atoms with Gasteiger partial charge in [0.15, 0.2) is 0 Å². The molecule has 0 aliphatic heterocycles. The molecule has 7 heteroatoms. The highest BCUT2D eigenvalue weighted by atomic mass is 16.6. The fourth-order valence-corrected chi connectivity index (χ4v) is 1.84. The van der Waals surface area contributed by atoms with E-state index in [4.69, 9.17) is 4.74 Å². The van der Waals surface area contributed by atoms with Gasteiger partial charge in [-0.2, -0.15) is 5.10 Å². The van der Waals surface area contributed by atoms with Gasteiger partial charge in [0.25, 0.3) is 5.69 Å². The molecule has 0 saturated carbocycles. The van der Waals surface area contributed by atoms with Crippen molar-refractivity contribution in [2.75, 3.05) is 12.0 Å². The second-order valence-electron chi connectivity index (χ2n) is 4.71. The van der Waals surface area contributed by atoms with Gasteiger partial charge in [-0.15, -0.1) is 0 Å². The molecule has 0 bridgehead atoms. The summed E-state index contributed by atoms with van der Waals surface area (Å²) in [5.74, 6) is 0.597. The first-order chi connectivity index (χ1) is 11.1. The third kappa shape index (κ3) is 4.44. The van der Waals surface area contributed by atoms with E-state index in [1.807, 2.05) is 6.92 Å². The molecule has 0 fully saturated rings. The SMILES string of the molecule is CCCOc1ccc(/C=N/Nc2ccccc2[N+](=O)[O-])c(O)c1. The van der Waals surface area contributed by atoms with Gasteiger partial charge >= 0.3 is 0 Å². The number of nitro benzene ring substituents is 1. The van der Waals surface area contributed by atoms with E-state index in [2.05, 4.69) is 10.5 Å². The van der Waals surface area contributed by atoms with E-state index in [0.29, 0.717) is 17.9 Å². The van der Waals surface area contributed by atoms with Crippen molar-refractivity contribution in [3.63, 3.8) is 0 Å². The van der Waals surface area contributed by atoms with Crippen molar-refractivity contribution in [3.8, 4) is 11.5 Å². The number of anilines is 1. The van der Waals surface area contributed by atoms with Crippen molar-refractivity contribution < 1.29 is 14.8 Å². The van der Waals surface area contributed by atoms with Crippen molar-refractivity contribution in [2.45, 2.75) is 13.3 Å². The van der Waals surface area contributed by atoms with Crippen LogP contribution in [0.2, 0.25) is 0 Å². The fourth-order valence-electron chi connectivity index (χ4n) is 1.84. The molecule has 0 radical (unpaired) electrons. The van der Waals surface area contributed by atoms with E-state index in [9.17, 15) is 15.2 Å². The monoisotopic (exact) mass is 315 g/mol. The summed E-state index contributed by atoms with van der Waals surface area (Å²) in [6.07, 6.45) is 2.26. The van der Waals surface area contributed by atoms with E-state index in [-0.39, 0.29) is 17.1 Å². The number of phenolic OH excluding ortho intramolecular Hbond substituents is 1. The van der Waals surface area contributed by atoms with Crippen LogP contribution in [0.3, 0.4) is 0 Å². The maximum Gasteiger partial charge on any atom is 0.294 e. The summed E-state index contributed by atoms with van der Waals surface area (Å²) >= 11 is 0. The first-order valence-electron chi connectivity index (χ1n) is 7.10. The van der Waals surface area contributed by atoms with Crippen LogP contribution in [0.5, 0.6) is 11.5 Å². The Morgan fingerprint density at radius 1 is 1.35 bits per heavy atom. The van der Waals surface area contributed by atoms with Crippen molar-refractivity contribution in [1.82, 2.24) is 0 Å². The molecule has 2 rings (SSSR count). The standard InChI is InChI=1S/C16H17N3O4/c1-2-9-23-13-8-7-12(16(20)10-13)11-17-18-14-5-3-4-6-15(14)19(21)22/h3-8,10-11,18,20H,2,9H2,1H3/b17-11+. The third-order valence-electron chi connectivity index (χ3n) is 2.96. The molecule has 0 unspecified atom stereocenters. The van der Waals surface area contributed by atoms with Crippen LogP contribution in [0.1, 0.15) is 18.9 Å². The number of aromatic hydroxyl groups is 1. The maximum atomic E-state index is 10.9. The van der Waals surface area contributed by atoms with Crippen LogP contribution in [-0.2, 0) is 0 Å². The average Bonchev–Trinajstić information content (AvgIpc) is 2.55. The number of hydrazone groups is 1. The van der Waals surface area contributed by atoms with Crippen LogP contribution in [0.25, 0.3) is 0 Å². The highest BCUT2D eigenvalue weighted by Gasteiger charge is 2.11. The molecule has 2 N–H and O–H groups in total. The second-order valence-corrected chi connectivity index (χ2v) is 4.71. The molecule has 0 aliphatic rings. The quantitative estimate of drug-likeness (QED) is 0.463. The lowest BCUT2D eigenvalue weighted by molar-refractivity contribution is -0.384. The first kappa shape index (κ1) is 16.3. The summed E-state index contributed by atoms with van der Waals surface area (Å²) in [7, 11) is 0. The molecule has 120 valence electrons. The third-order valence-corrected chi connectivity index (χ3v) is 2.96. The van der Waals surface area contributed by atoms with E-state index >= 15 is 0 Å². The summed E-state index contributed by atoms with van der Waals surface area (Å²) in [6, 6.07) is 11.1. The lowest BCUT2D eigenvalue weighted by Gasteiger charge is -2.06. The Morgan fingerprint density at radius 2 is 2.13 bits per heavy atom. The van der Waals surface area contributed by atoms with Gasteiger partial charge in [0.2, 0.25) is 0 Å². The van der Waals surface area contributed by atoms with E-state index in [0.717, 1.165) is 6.42 Å². The Morgan fingerprint density at radius 3 is 2.83 bits per heavy atom. The molecule has 0 atom stereocenters. The van der Waals surface area contributed by atoms with Gasteiger partial charge < -0.3 is 9.84 Å². The molecule has 2 aromatic rings. The number of hydrogen-bond donors (Lipinski definition) is 2. The average molecular weight is 315 g/mol. The van der Waals surface area contributed by atoms with Crippen molar-refractivity contribution in [2.24, 2.45) is 5.10 Å². The summed E-state index contributed by atoms with van der Waals surface area (Å²) in [5.41, 5.74) is 3.28. The molecule has 0 aliphatic carbocycles. The largest absolute Gasteiger partial charge is 0.507 e. The van der Waals surface area contributed by atoms with Crippen molar-refractivity contribution in [3.05, 3.63) is 58.1 Å². The molecule has 0 saturated heterocycles. The van der Waals surface area contributed by atoms with E-state index < -0.39 is 4.92 Å². The minimum absolute atomic E-state index is 0.0201. The van der Waals surface area contributed by atoms with Crippen LogP contribution in [0, 0.1) is 10.1 Å². The summed E-state index contributed by atoms with van der Waals surface area (Å²) < 4.78 is 5.41. The van der Waals surface area contributed by atoms with E-state index in [1.54, 1.807) is 30.3 Å². The lowest BCUT2D eigenvalue weighted by Crippen LogP contribution is -1.97. The molecular weight excluding hydrogens is 298 g/mol. The van der Waals surface area contributed by atoms with Crippen LogP contribution < -0.4 is 10.2 Å². The summed E-state index contributed by atoms with van der Waals surface area (Å²) in [4.78, 5) is 10.4. The topological polar surface area (TPSA) is 97.0 Å². The highest BCUT2D eigenvalue weighted by molar-refractivity contribution is 5.84. The van der Waals surface area contributed by atoms with Crippen molar-refractivity contribution in [1.29, 1.82) is 0 Å². The second kappa shape index (κ2) is 7.79. The molecule has 0 spiro atoms. The smallest absolute Gasteiger partial charge is 0.294 e. The van der Waals surface area contributed by atoms with Crippen LogP contribution >= 0.6 is 0 Å². The van der Waals surface area contributed by atoms with Gasteiger partial charge in [-0.25, -0.2) is 0 Å². The number of rotatable bonds is 7. The van der Waals surface area contributed by atoms with Gasteiger partial charge in [0.1, 0.15) is 17.2 Å². The highest BCUT2D eigenvalue weighted by Crippen LogP contribution is 2.24. The zero-order chi connectivity index (χ0) is 16.7. The number of ether oxygens (including phenoxy) is 1. The number of nitrogens with zero attached hydrogens (tertiary/aromatic N) is 2. The van der Waals surface area contributed by atoms with Crippen LogP contribution in [0.15, 0.2) is 47.6 Å². The van der Waals surface area contributed by atoms with Gasteiger partial charge in [-0.3, -0.25) is 15.5 Å². The predicted molar refractivity (Wildman–Crippen MR) is 88.2 cm³/mol. The van der Waals surface area contributed by atoms with Crippen LogP contribution in [-0.4, -0.2) is 22.9 Å². The minimum atomic E-state index is -0.491.